The number of nitrogens with zero attached hydrogens (tertiary/aromatic N) is 1. The number of hydrogen-bond donors (Lipinski definition) is 3. The molecule has 0 spiro atoms. The highest BCUT2D eigenvalue weighted by atomic mass is 79.9. The smallest absolute Gasteiger partial charge is 0.255 e. The zero-order valence-corrected chi connectivity index (χ0v) is 12.5. The molecular weight excluding hydrogens is 308 g/mol. The van der Waals surface area contributed by atoms with Gasteiger partial charge >= 0.3 is 0 Å². The number of anilines is 1. The van der Waals surface area contributed by atoms with Gasteiger partial charge in [-0.1, -0.05) is 6.92 Å². The fourth-order valence-corrected chi connectivity index (χ4v) is 2.73. The first-order valence-corrected chi connectivity index (χ1v) is 7.32. The van der Waals surface area contributed by atoms with E-state index < -0.39 is 0 Å². The number of carbonyl (C=O) groups is 1. The third kappa shape index (κ3) is 3.67. The molecule has 1 saturated carbocycles. The van der Waals surface area contributed by atoms with Crippen molar-refractivity contribution < 1.29 is 4.79 Å². The lowest BCUT2D eigenvalue weighted by Crippen LogP contribution is -2.37. The van der Waals surface area contributed by atoms with Gasteiger partial charge in [-0.15, -0.1) is 0 Å². The van der Waals surface area contributed by atoms with Crippen LogP contribution in [0.1, 0.15) is 43.0 Å². The Morgan fingerprint density at radius 1 is 1.42 bits per heavy atom. The average Bonchev–Trinajstić information content (AvgIpc) is 2.41. The molecule has 6 heteroatoms. The van der Waals surface area contributed by atoms with Crippen LogP contribution in [0.25, 0.3) is 0 Å². The van der Waals surface area contributed by atoms with Crippen LogP contribution in [-0.2, 0) is 0 Å². The predicted molar refractivity (Wildman–Crippen MR) is 78.6 cm³/mol. The first kappa shape index (κ1) is 14.3. The van der Waals surface area contributed by atoms with Crippen molar-refractivity contribution in [1.82, 2.24) is 10.3 Å². The number of hydrazine groups is 1. The largest absolute Gasteiger partial charge is 0.349 e. The lowest BCUT2D eigenvalue weighted by atomic mass is 9.87. The van der Waals surface area contributed by atoms with Gasteiger partial charge in [-0.3, -0.25) is 4.79 Å². The monoisotopic (exact) mass is 326 g/mol. The number of aromatic nitrogens is 1. The van der Waals surface area contributed by atoms with E-state index in [2.05, 4.69) is 38.6 Å². The summed E-state index contributed by atoms with van der Waals surface area (Å²) in [5.41, 5.74) is 2.92. The van der Waals surface area contributed by atoms with Crippen molar-refractivity contribution in [3.8, 4) is 0 Å². The number of nitrogens with two attached hydrogens (primary N) is 1. The number of amides is 1. The number of pyridine rings is 1. The minimum Gasteiger partial charge on any atom is -0.349 e. The van der Waals surface area contributed by atoms with Crippen molar-refractivity contribution in [3.05, 3.63) is 22.3 Å². The number of rotatable bonds is 3. The van der Waals surface area contributed by atoms with Gasteiger partial charge in [0.05, 0.1) is 5.56 Å². The second kappa shape index (κ2) is 6.34. The molecule has 0 atom stereocenters. The molecule has 1 aromatic rings. The van der Waals surface area contributed by atoms with E-state index in [4.69, 9.17) is 5.84 Å². The first-order valence-electron chi connectivity index (χ1n) is 6.53. The minimum absolute atomic E-state index is 0.124. The fourth-order valence-electron chi connectivity index (χ4n) is 2.39. The van der Waals surface area contributed by atoms with Crippen LogP contribution in [0.3, 0.4) is 0 Å². The third-order valence-electron chi connectivity index (χ3n) is 3.59. The van der Waals surface area contributed by atoms with Crippen molar-refractivity contribution in [3.63, 3.8) is 0 Å². The van der Waals surface area contributed by atoms with Gasteiger partial charge in [0.25, 0.3) is 5.91 Å². The van der Waals surface area contributed by atoms with Crippen LogP contribution < -0.4 is 16.6 Å². The van der Waals surface area contributed by atoms with E-state index in [0.717, 1.165) is 23.2 Å². The molecule has 0 unspecified atom stereocenters. The van der Waals surface area contributed by atoms with Crippen LogP contribution in [0.2, 0.25) is 0 Å². The Morgan fingerprint density at radius 3 is 2.74 bits per heavy atom. The second-order valence-corrected chi connectivity index (χ2v) is 6.04. The molecule has 2 rings (SSSR count). The first-order chi connectivity index (χ1) is 9.10. The zero-order chi connectivity index (χ0) is 13.8. The van der Waals surface area contributed by atoms with E-state index >= 15 is 0 Å². The normalized spacial score (nSPS) is 22.9. The highest BCUT2D eigenvalue weighted by molar-refractivity contribution is 9.10. The van der Waals surface area contributed by atoms with Gasteiger partial charge in [0.15, 0.2) is 5.82 Å². The summed E-state index contributed by atoms with van der Waals surface area (Å²) in [4.78, 5) is 16.3. The van der Waals surface area contributed by atoms with Gasteiger partial charge in [-0.2, -0.15) is 0 Å². The number of nitrogen functional groups attached to an aromatic ring is 1. The van der Waals surface area contributed by atoms with E-state index in [9.17, 15) is 4.79 Å². The molecule has 0 radical (unpaired) electrons. The second-order valence-electron chi connectivity index (χ2n) is 5.12. The van der Waals surface area contributed by atoms with Crippen molar-refractivity contribution in [2.75, 3.05) is 5.43 Å². The molecule has 1 aromatic heterocycles. The van der Waals surface area contributed by atoms with Gasteiger partial charge in [0, 0.05) is 16.7 Å². The Balaban J connectivity index is 2.05. The van der Waals surface area contributed by atoms with Gasteiger partial charge in [0.1, 0.15) is 0 Å². The van der Waals surface area contributed by atoms with E-state index in [0.29, 0.717) is 11.4 Å². The highest BCUT2D eigenvalue weighted by Gasteiger charge is 2.21. The summed E-state index contributed by atoms with van der Waals surface area (Å²) >= 11 is 3.32. The van der Waals surface area contributed by atoms with E-state index in [1.165, 1.54) is 12.8 Å². The van der Waals surface area contributed by atoms with Crippen LogP contribution in [-0.4, -0.2) is 16.9 Å². The van der Waals surface area contributed by atoms with E-state index in [1.54, 1.807) is 12.3 Å². The summed E-state index contributed by atoms with van der Waals surface area (Å²) in [6.07, 6.45) is 6.03. The maximum absolute atomic E-state index is 12.3. The Morgan fingerprint density at radius 2 is 2.11 bits per heavy atom. The molecule has 1 aliphatic rings. The zero-order valence-electron chi connectivity index (χ0n) is 10.9. The van der Waals surface area contributed by atoms with Crippen LogP contribution >= 0.6 is 15.9 Å². The van der Waals surface area contributed by atoms with Gasteiger partial charge in [0.2, 0.25) is 0 Å². The Kier molecular flexibility index (Phi) is 4.76. The summed E-state index contributed by atoms with van der Waals surface area (Å²) < 4.78 is 0.758. The lowest BCUT2D eigenvalue weighted by molar-refractivity contribution is 0.0923. The molecule has 1 amide bonds. The number of nitrogens with one attached hydrogen (secondary N) is 2. The average molecular weight is 327 g/mol. The Hall–Kier alpha value is -1.14. The van der Waals surface area contributed by atoms with Crippen LogP contribution in [0, 0.1) is 5.92 Å². The van der Waals surface area contributed by atoms with Crippen LogP contribution in [0.4, 0.5) is 5.82 Å². The Bertz CT molecular complexity index is 458. The molecule has 19 heavy (non-hydrogen) atoms. The summed E-state index contributed by atoms with van der Waals surface area (Å²) in [6, 6.07) is 1.98. The molecule has 5 nitrogen and oxygen atoms in total. The molecule has 0 aromatic carbocycles. The molecule has 0 bridgehead atoms. The number of carbonyl (C=O) groups excluding carboxylic acids is 1. The predicted octanol–water partition coefficient (Wildman–Crippen LogP) is 2.44. The molecule has 0 aliphatic heterocycles. The lowest BCUT2D eigenvalue weighted by Gasteiger charge is -2.27. The fraction of sp³-hybridized carbons (Fsp3) is 0.538. The maximum atomic E-state index is 12.3. The molecule has 1 heterocycles. The standard InChI is InChI=1S/C13H19BrN4O/c1-8-2-4-10(5-3-8)17-13(19)11-6-9(14)7-16-12(11)18-15/h6-8,10H,2-5,15H2,1H3,(H,16,18)(H,17,19). The topological polar surface area (TPSA) is 80.0 Å². The van der Waals surface area contributed by atoms with Crippen molar-refractivity contribution in [1.29, 1.82) is 0 Å². The summed E-state index contributed by atoms with van der Waals surface area (Å²) in [5.74, 6) is 6.42. The SMILES string of the molecule is CC1CCC(NC(=O)c2cc(Br)cnc2NN)CC1. The number of hydrogen-bond acceptors (Lipinski definition) is 4. The van der Waals surface area contributed by atoms with Gasteiger partial charge in [-0.05, 0) is 53.6 Å². The molecule has 0 saturated heterocycles. The van der Waals surface area contributed by atoms with E-state index in [-0.39, 0.29) is 11.9 Å². The van der Waals surface area contributed by atoms with Crippen molar-refractivity contribution in [2.24, 2.45) is 11.8 Å². The van der Waals surface area contributed by atoms with Crippen molar-refractivity contribution >= 4 is 27.7 Å². The van der Waals surface area contributed by atoms with Crippen LogP contribution in [0.5, 0.6) is 0 Å². The summed E-state index contributed by atoms with van der Waals surface area (Å²) in [5, 5.41) is 3.06. The molecule has 1 fully saturated rings. The van der Waals surface area contributed by atoms with Crippen LogP contribution in [0.15, 0.2) is 16.7 Å². The quantitative estimate of drug-likeness (QED) is 0.588. The summed E-state index contributed by atoms with van der Waals surface area (Å²) in [6.45, 7) is 2.26. The minimum atomic E-state index is -0.124. The van der Waals surface area contributed by atoms with Crippen molar-refractivity contribution in [2.45, 2.75) is 38.6 Å². The molecule has 4 N–H and O–H groups in total. The van der Waals surface area contributed by atoms with E-state index in [1.807, 2.05) is 0 Å². The van der Waals surface area contributed by atoms with Gasteiger partial charge < -0.3 is 10.7 Å². The maximum Gasteiger partial charge on any atom is 0.255 e. The Labute approximate surface area is 121 Å². The molecule has 1 aliphatic carbocycles. The molecular formula is C13H19BrN4O. The highest BCUT2D eigenvalue weighted by Crippen LogP contribution is 2.24. The summed E-state index contributed by atoms with van der Waals surface area (Å²) in [7, 11) is 0. The number of halogens is 1. The molecule has 104 valence electrons. The third-order valence-corrected chi connectivity index (χ3v) is 4.02. The van der Waals surface area contributed by atoms with Gasteiger partial charge in [-0.25, -0.2) is 10.8 Å².